The highest BCUT2D eigenvalue weighted by Gasteiger charge is 2.50. The number of carbonyl (C=O) groups is 4. The first-order chi connectivity index (χ1) is 17.5. The van der Waals surface area contributed by atoms with Gasteiger partial charge in [0.25, 0.3) is 0 Å². The van der Waals surface area contributed by atoms with E-state index in [1.807, 2.05) is 9.80 Å². The number of alkyl carbamates (subject to hydrolysis) is 1. The molecule has 0 unspecified atom stereocenters. The lowest BCUT2D eigenvalue weighted by Gasteiger charge is -2.36. The van der Waals surface area contributed by atoms with E-state index in [0.717, 1.165) is 12.0 Å². The van der Waals surface area contributed by atoms with Crippen molar-refractivity contribution in [1.29, 1.82) is 5.26 Å². The minimum Gasteiger partial charge on any atom is -0.444 e. The molecule has 4 amide bonds. The number of nitrogens with two attached hydrogens (primary N) is 1. The Morgan fingerprint density at radius 2 is 1.95 bits per heavy atom. The lowest BCUT2D eigenvalue weighted by molar-refractivity contribution is -0.140. The van der Waals surface area contributed by atoms with Gasteiger partial charge in [-0.3, -0.25) is 19.3 Å². The lowest BCUT2D eigenvalue weighted by Crippen LogP contribution is -2.58. The van der Waals surface area contributed by atoms with Gasteiger partial charge in [0.1, 0.15) is 17.7 Å². The number of likely N-dealkylation sites (tertiary alicyclic amines) is 3. The Hall–Kier alpha value is -3.65. The predicted octanol–water partition coefficient (Wildman–Crippen LogP) is 0.978. The molecule has 3 heterocycles. The number of ether oxygens (including phenoxy) is 1. The van der Waals surface area contributed by atoms with Gasteiger partial charge in [-0.2, -0.15) is 5.26 Å². The summed E-state index contributed by atoms with van der Waals surface area (Å²) in [6.07, 6.45) is 1.25. The Labute approximate surface area is 216 Å². The van der Waals surface area contributed by atoms with Crippen LogP contribution in [0, 0.1) is 11.3 Å². The normalized spacial score (nSPS) is 24.2. The van der Waals surface area contributed by atoms with E-state index < -0.39 is 35.7 Å². The molecule has 37 heavy (non-hydrogen) atoms. The van der Waals surface area contributed by atoms with Crippen molar-refractivity contribution in [2.24, 2.45) is 5.73 Å². The molecule has 3 N–H and O–H groups in total. The van der Waals surface area contributed by atoms with Gasteiger partial charge in [0.05, 0.1) is 12.1 Å². The molecule has 198 valence electrons. The molecule has 3 saturated heterocycles. The van der Waals surface area contributed by atoms with E-state index in [2.05, 4.69) is 11.4 Å². The third-order valence-corrected chi connectivity index (χ3v) is 7.07. The van der Waals surface area contributed by atoms with Gasteiger partial charge in [0.15, 0.2) is 0 Å². The summed E-state index contributed by atoms with van der Waals surface area (Å²) in [6.45, 7) is 6.81. The van der Waals surface area contributed by atoms with Gasteiger partial charge in [-0.1, -0.05) is 12.1 Å². The number of hydrogen-bond donors (Lipinski definition) is 2. The van der Waals surface area contributed by atoms with E-state index in [-0.39, 0.29) is 24.4 Å². The largest absolute Gasteiger partial charge is 0.444 e. The van der Waals surface area contributed by atoms with Crippen LogP contribution in [0.25, 0.3) is 0 Å². The molecular formula is C26H34N6O5. The van der Waals surface area contributed by atoms with Crippen LogP contribution in [0.15, 0.2) is 24.3 Å². The third-order valence-electron chi connectivity index (χ3n) is 7.07. The number of carbonyl (C=O) groups excluding carboxylic acids is 4. The number of fused-ring (bicyclic) bond motifs is 2. The number of nitrogens with one attached hydrogen (secondary N) is 1. The molecule has 11 heteroatoms. The quantitative estimate of drug-likeness (QED) is 0.555. The highest BCUT2D eigenvalue weighted by molar-refractivity contribution is 5.92. The molecule has 0 aliphatic carbocycles. The molecule has 0 spiro atoms. The van der Waals surface area contributed by atoms with Crippen molar-refractivity contribution in [3.8, 4) is 6.07 Å². The summed E-state index contributed by atoms with van der Waals surface area (Å²) in [5.74, 6) is -0.871. The Morgan fingerprint density at radius 1 is 1.24 bits per heavy atom. The van der Waals surface area contributed by atoms with Crippen LogP contribution in [-0.2, 0) is 20.9 Å². The van der Waals surface area contributed by atoms with Crippen molar-refractivity contribution >= 4 is 23.8 Å². The zero-order valence-corrected chi connectivity index (χ0v) is 21.5. The Kier molecular flexibility index (Phi) is 7.41. The maximum Gasteiger partial charge on any atom is 0.408 e. The van der Waals surface area contributed by atoms with Crippen LogP contribution in [0.1, 0.15) is 56.0 Å². The fourth-order valence-corrected chi connectivity index (χ4v) is 5.35. The number of rotatable bonds is 7. The van der Waals surface area contributed by atoms with Crippen LogP contribution in [0.4, 0.5) is 4.79 Å². The van der Waals surface area contributed by atoms with Crippen LogP contribution in [-0.4, -0.2) is 87.9 Å². The summed E-state index contributed by atoms with van der Waals surface area (Å²) in [4.78, 5) is 55.8. The van der Waals surface area contributed by atoms with Gasteiger partial charge in [-0.25, -0.2) is 4.79 Å². The molecule has 2 bridgehead atoms. The maximum atomic E-state index is 13.4. The Balaban J connectivity index is 1.44. The fraction of sp³-hybridized carbons (Fsp3) is 0.577. The van der Waals surface area contributed by atoms with Crippen LogP contribution < -0.4 is 11.1 Å². The SMILES string of the molecule is CC(C)(C)OC(=O)N[C@@H](CN1C[C@@H]2C[C@H]1C(=O)N2Cc1ccc(C(N)=O)cc1)C(=O)N1CCC[C@H]1C#N. The topological polar surface area (TPSA) is 149 Å². The molecule has 0 radical (unpaired) electrons. The molecule has 1 aromatic rings. The van der Waals surface area contributed by atoms with Gasteiger partial charge in [0.2, 0.25) is 17.7 Å². The second-order valence-electron chi connectivity index (χ2n) is 10.9. The lowest BCUT2D eigenvalue weighted by atomic mass is 10.1. The van der Waals surface area contributed by atoms with Crippen molar-refractivity contribution in [1.82, 2.24) is 20.0 Å². The van der Waals surface area contributed by atoms with E-state index in [0.29, 0.717) is 38.0 Å². The monoisotopic (exact) mass is 510 g/mol. The molecule has 4 atom stereocenters. The second kappa shape index (κ2) is 10.4. The smallest absolute Gasteiger partial charge is 0.408 e. The van der Waals surface area contributed by atoms with Gasteiger partial charge >= 0.3 is 6.09 Å². The van der Waals surface area contributed by atoms with Crippen molar-refractivity contribution < 1.29 is 23.9 Å². The van der Waals surface area contributed by atoms with Crippen molar-refractivity contribution in [2.75, 3.05) is 19.6 Å². The van der Waals surface area contributed by atoms with Crippen molar-refractivity contribution in [3.05, 3.63) is 35.4 Å². The van der Waals surface area contributed by atoms with E-state index in [9.17, 15) is 24.4 Å². The molecule has 1 aromatic carbocycles. The molecule has 3 fully saturated rings. The number of nitriles is 1. The standard InChI is InChI=1S/C26H34N6O5/c1-26(2,3)37-25(36)29-20(23(34)31-10-4-5-18(31)12-27)15-30-14-19-11-21(30)24(35)32(19)13-16-6-8-17(9-7-16)22(28)33/h6-9,18-21H,4-5,10-11,13-15H2,1-3H3,(H2,28,33)(H,29,36)/t18-,19-,20-,21-/m0/s1. The van der Waals surface area contributed by atoms with Crippen molar-refractivity contribution in [2.45, 2.75) is 76.3 Å². The van der Waals surface area contributed by atoms with Crippen LogP contribution >= 0.6 is 0 Å². The van der Waals surface area contributed by atoms with Gasteiger partial charge < -0.3 is 25.6 Å². The van der Waals surface area contributed by atoms with Gasteiger partial charge in [-0.05, 0) is 57.7 Å². The number of amides is 4. The van der Waals surface area contributed by atoms with E-state index >= 15 is 0 Å². The highest BCUT2D eigenvalue weighted by Crippen LogP contribution is 2.33. The Morgan fingerprint density at radius 3 is 2.54 bits per heavy atom. The highest BCUT2D eigenvalue weighted by atomic mass is 16.6. The summed E-state index contributed by atoms with van der Waals surface area (Å²) in [7, 11) is 0. The molecular weight excluding hydrogens is 476 g/mol. The summed E-state index contributed by atoms with van der Waals surface area (Å²) >= 11 is 0. The summed E-state index contributed by atoms with van der Waals surface area (Å²) in [6, 6.07) is 7.16. The van der Waals surface area contributed by atoms with E-state index in [1.165, 1.54) is 4.90 Å². The number of hydrogen-bond acceptors (Lipinski definition) is 7. The predicted molar refractivity (Wildman–Crippen MR) is 133 cm³/mol. The van der Waals surface area contributed by atoms with Crippen LogP contribution in [0.5, 0.6) is 0 Å². The summed E-state index contributed by atoms with van der Waals surface area (Å²) < 4.78 is 5.38. The van der Waals surface area contributed by atoms with Crippen LogP contribution in [0.3, 0.4) is 0 Å². The molecule has 3 aliphatic rings. The van der Waals surface area contributed by atoms with Gasteiger partial charge in [0, 0.05) is 37.8 Å². The van der Waals surface area contributed by atoms with E-state index in [4.69, 9.17) is 10.5 Å². The third kappa shape index (κ3) is 5.85. The number of primary amides is 1. The average molecular weight is 511 g/mol. The minimum absolute atomic E-state index is 0.0239. The van der Waals surface area contributed by atoms with E-state index in [1.54, 1.807) is 45.0 Å². The Bertz CT molecular complexity index is 1110. The molecule has 0 saturated carbocycles. The number of nitrogens with zero attached hydrogens (tertiary/aromatic N) is 4. The number of piperazine rings is 1. The molecule has 0 aromatic heterocycles. The zero-order chi connectivity index (χ0) is 26.9. The number of benzene rings is 1. The van der Waals surface area contributed by atoms with Crippen LogP contribution in [0.2, 0.25) is 0 Å². The first-order valence-electron chi connectivity index (χ1n) is 12.6. The summed E-state index contributed by atoms with van der Waals surface area (Å²) in [5.41, 5.74) is 5.88. The first-order valence-corrected chi connectivity index (χ1v) is 12.6. The minimum atomic E-state index is -0.939. The van der Waals surface area contributed by atoms with Crippen molar-refractivity contribution in [3.63, 3.8) is 0 Å². The average Bonchev–Trinajstić information content (AvgIpc) is 3.53. The fourth-order valence-electron chi connectivity index (χ4n) is 5.35. The summed E-state index contributed by atoms with van der Waals surface area (Å²) in [5, 5.41) is 12.2. The van der Waals surface area contributed by atoms with Gasteiger partial charge in [-0.15, -0.1) is 0 Å². The molecule has 11 nitrogen and oxygen atoms in total. The second-order valence-corrected chi connectivity index (χ2v) is 10.9. The molecule has 3 aliphatic heterocycles. The first kappa shape index (κ1) is 26.4. The molecule has 4 rings (SSSR count). The zero-order valence-electron chi connectivity index (χ0n) is 21.5. The maximum absolute atomic E-state index is 13.4.